The van der Waals surface area contributed by atoms with Crippen molar-refractivity contribution in [2.75, 3.05) is 11.9 Å². The molecule has 0 saturated heterocycles. The second kappa shape index (κ2) is 16.9. The van der Waals surface area contributed by atoms with E-state index in [1.165, 1.54) is 27.5 Å². The average molecular weight is 886 g/mol. The fourth-order valence-corrected chi connectivity index (χ4v) is 10.5. The highest BCUT2D eigenvalue weighted by Gasteiger charge is 2.40. The van der Waals surface area contributed by atoms with E-state index < -0.39 is 0 Å². The zero-order valence-electron chi connectivity index (χ0n) is 40.2. The van der Waals surface area contributed by atoms with Gasteiger partial charge in [-0.1, -0.05) is 164 Å². The third-order valence-corrected chi connectivity index (χ3v) is 13.8. The molecule has 0 aliphatic carbocycles. The van der Waals surface area contributed by atoms with Gasteiger partial charge in [0.25, 0.3) is 0 Å². The lowest BCUT2D eigenvalue weighted by molar-refractivity contribution is 0.483. The van der Waals surface area contributed by atoms with Gasteiger partial charge in [-0.2, -0.15) is 0 Å². The first-order valence-corrected chi connectivity index (χ1v) is 24.0. The molecule has 4 heterocycles. The van der Waals surface area contributed by atoms with Crippen molar-refractivity contribution in [3.8, 4) is 62.2 Å². The van der Waals surface area contributed by atoms with Crippen molar-refractivity contribution in [1.82, 2.24) is 19.0 Å². The Morgan fingerprint density at radius 3 is 1.84 bits per heavy atom. The summed E-state index contributed by atoms with van der Waals surface area (Å²) >= 11 is 0. The molecule has 0 bridgehead atoms. The van der Waals surface area contributed by atoms with Crippen LogP contribution in [0.25, 0.3) is 72.5 Å². The molecular formula is C61H56BN5O. The molecule has 7 aromatic carbocycles. The monoisotopic (exact) mass is 885 g/mol. The minimum Gasteiger partial charge on any atom is -0.457 e. The van der Waals surface area contributed by atoms with Crippen molar-refractivity contribution < 1.29 is 4.74 Å². The summed E-state index contributed by atoms with van der Waals surface area (Å²) in [6.07, 6.45) is 4.23. The van der Waals surface area contributed by atoms with Crippen LogP contribution in [0.1, 0.15) is 77.0 Å². The number of aromatic nitrogens is 4. The van der Waals surface area contributed by atoms with Gasteiger partial charge < -0.3 is 14.0 Å². The van der Waals surface area contributed by atoms with Crippen LogP contribution < -0.4 is 15.0 Å². The molecule has 0 fully saturated rings. The molecular weight excluding hydrogens is 830 g/mol. The third kappa shape index (κ3) is 7.38. The maximum absolute atomic E-state index is 6.94. The van der Waals surface area contributed by atoms with E-state index in [-0.39, 0.29) is 12.4 Å². The molecule has 1 aliphatic heterocycles. The summed E-state index contributed by atoms with van der Waals surface area (Å²) in [6.45, 7) is 15.8. The summed E-state index contributed by atoms with van der Waals surface area (Å²) in [5.41, 5.74) is 16.1. The summed E-state index contributed by atoms with van der Waals surface area (Å²) in [6, 6.07) is 60.7. The lowest BCUT2D eigenvalue weighted by Crippen LogP contribution is -2.56. The minimum absolute atomic E-state index is 0.0231. The van der Waals surface area contributed by atoms with Gasteiger partial charge in [-0.15, -0.1) is 0 Å². The fourth-order valence-electron chi connectivity index (χ4n) is 10.5. The summed E-state index contributed by atoms with van der Waals surface area (Å²) in [4.78, 5) is 13.1. The van der Waals surface area contributed by atoms with Crippen LogP contribution in [0, 0.1) is 0 Å². The highest BCUT2D eigenvalue weighted by Crippen LogP contribution is 2.45. The van der Waals surface area contributed by atoms with E-state index in [9.17, 15) is 0 Å². The number of para-hydroxylation sites is 1. The Kier molecular flexibility index (Phi) is 10.7. The summed E-state index contributed by atoms with van der Waals surface area (Å²) < 4.78 is 11.6. The number of fused-ring (bicyclic) bond motifs is 6. The van der Waals surface area contributed by atoms with Crippen LogP contribution in [-0.4, -0.2) is 33.0 Å². The summed E-state index contributed by atoms with van der Waals surface area (Å²) in [5.74, 6) is 3.91. The highest BCUT2D eigenvalue weighted by atomic mass is 16.5. The molecule has 0 radical (unpaired) electrons. The largest absolute Gasteiger partial charge is 0.457 e. The lowest BCUT2D eigenvalue weighted by Gasteiger charge is -2.37. The predicted octanol–water partition coefficient (Wildman–Crippen LogP) is 15.1. The van der Waals surface area contributed by atoms with E-state index in [0.29, 0.717) is 11.8 Å². The summed E-state index contributed by atoms with van der Waals surface area (Å²) in [7, 11) is 2.23. The molecule has 11 rings (SSSR count). The fraction of sp³-hybridized carbons (Fsp3) is 0.180. The van der Waals surface area contributed by atoms with Crippen LogP contribution >= 0.6 is 0 Å². The van der Waals surface area contributed by atoms with Crippen molar-refractivity contribution in [3.63, 3.8) is 0 Å². The van der Waals surface area contributed by atoms with Crippen LogP contribution in [-0.2, 0) is 5.41 Å². The van der Waals surface area contributed by atoms with Crippen LogP contribution in [0.2, 0.25) is 0 Å². The topological polar surface area (TPSA) is 48.1 Å². The smallest absolute Gasteiger partial charge is 0.417 e. The van der Waals surface area contributed by atoms with Crippen molar-refractivity contribution in [3.05, 3.63) is 199 Å². The number of anilines is 1. The molecule has 0 N–H and O–H groups in total. The quantitative estimate of drug-likeness (QED) is 0.136. The molecule has 7 heteroatoms. The number of nitrogens with zero attached hydrogens (tertiary/aromatic N) is 5. The van der Waals surface area contributed by atoms with Gasteiger partial charge in [0.05, 0.1) is 16.7 Å². The molecule has 0 saturated carbocycles. The van der Waals surface area contributed by atoms with E-state index in [2.05, 4.69) is 245 Å². The van der Waals surface area contributed by atoms with Gasteiger partial charge in [0.15, 0.2) is 0 Å². The third-order valence-electron chi connectivity index (χ3n) is 13.8. The molecule has 0 spiro atoms. The molecule has 0 unspecified atom stereocenters. The second-order valence-electron chi connectivity index (χ2n) is 19.9. The number of hydrogen-bond acceptors (Lipinski definition) is 4. The molecule has 0 atom stereocenters. The van der Waals surface area contributed by atoms with Gasteiger partial charge >= 0.3 is 6.98 Å². The van der Waals surface area contributed by atoms with E-state index >= 15 is 0 Å². The second-order valence-corrected chi connectivity index (χ2v) is 19.9. The maximum Gasteiger partial charge on any atom is 0.417 e. The van der Waals surface area contributed by atoms with E-state index in [0.717, 1.165) is 84.3 Å². The van der Waals surface area contributed by atoms with Crippen molar-refractivity contribution in [1.29, 1.82) is 0 Å². The lowest BCUT2D eigenvalue weighted by atomic mass is 9.58. The Balaban J connectivity index is 1.10. The Labute approximate surface area is 400 Å². The zero-order valence-corrected chi connectivity index (χ0v) is 40.2. The SMILES string of the molecule is CC(C)c1cccc(C(C)C)c1B1N(C)c2ccc(Oc3ccc4c5ccccc5n(-c5cc(C(C)(C)C)ccn5)c4c3)cc2-c2nc(-c3c(-c4ccccc4)cccc3-c3ccccc3)cn21. The maximum atomic E-state index is 6.94. The average Bonchev–Trinajstić information content (AvgIpc) is 3.94. The van der Waals surface area contributed by atoms with Gasteiger partial charge in [0.1, 0.15) is 23.1 Å². The van der Waals surface area contributed by atoms with E-state index in [1.54, 1.807) is 0 Å². The number of rotatable bonds is 9. The van der Waals surface area contributed by atoms with Gasteiger partial charge in [-0.25, -0.2) is 9.97 Å². The highest BCUT2D eigenvalue weighted by molar-refractivity contribution is 6.77. The Hall–Kier alpha value is -7.64. The predicted molar refractivity (Wildman–Crippen MR) is 285 cm³/mol. The van der Waals surface area contributed by atoms with Crippen LogP contribution in [0.4, 0.5) is 5.69 Å². The van der Waals surface area contributed by atoms with Gasteiger partial charge in [0.2, 0.25) is 0 Å². The molecule has 0 amide bonds. The normalized spacial score (nSPS) is 12.6. The summed E-state index contributed by atoms with van der Waals surface area (Å²) in [5, 5.41) is 2.33. The van der Waals surface area contributed by atoms with Crippen LogP contribution in [0.5, 0.6) is 11.5 Å². The van der Waals surface area contributed by atoms with Crippen LogP contribution in [0.3, 0.4) is 0 Å². The number of hydrogen-bond donors (Lipinski definition) is 0. The first kappa shape index (κ1) is 43.0. The van der Waals surface area contributed by atoms with Crippen molar-refractivity contribution in [2.24, 2.45) is 0 Å². The molecule has 10 aromatic rings. The molecule has 1 aliphatic rings. The van der Waals surface area contributed by atoms with Crippen LogP contribution in [0.15, 0.2) is 182 Å². The Morgan fingerprint density at radius 1 is 0.574 bits per heavy atom. The number of benzene rings is 7. The van der Waals surface area contributed by atoms with Gasteiger partial charge in [0, 0.05) is 46.0 Å². The Bertz CT molecular complexity index is 3420. The number of ether oxygens (including phenoxy) is 1. The minimum atomic E-state index is -0.152. The zero-order chi connectivity index (χ0) is 46.8. The number of imidazole rings is 1. The standard InChI is InChI=1S/C61H56BN5O/c1-39(2)46-24-17-25-47(40(3)4)59(46)62-65(8)54-32-30-44(68-45-29-31-51-50-23-15-16-28-55(50)67(56(51)37-45)57-35-43(33-34-63-57)61(5,6)7)36-52(54)60-64-53(38-66(60)62)58-48(41-19-11-9-12-20-41)26-18-27-49(58)42-21-13-10-14-22-42/h9-40H,1-8H3. The van der Waals surface area contributed by atoms with E-state index in [1.807, 2.05) is 6.20 Å². The van der Waals surface area contributed by atoms with Gasteiger partial charge in [-0.05, 0) is 117 Å². The molecule has 68 heavy (non-hydrogen) atoms. The molecule has 6 nitrogen and oxygen atoms in total. The van der Waals surface area contributed by atoms with Crippen molar-refractivity contribution in [2.45, 2.75) is 65.7 Å². The van der Waals surface area contributed by atoms with Crippen molar-refractivity contribution >= 4 is 39.9 Å². The van der Waals surface area contributed by atoms with Gasteiger partial charge in [-0.3, -0.25) is 4.57 Å². The Morgan fingerprint density at radius 2 is 1.18 bits per heavy atom. The first-order valence-electron chi connectivity index (χ1n) is 24.0. The molecule has 334 valence electrons. The molecule has 3 aromatic heterocycles. The van der Waals surface area contributed by atoms with E-state index in [4.69, 9.17) is 14.7 Å². The first-order chi connectivity index (χ1) is 32.9. The number of pyridine rings is 1.